The molecule has 1 N–H and O–H groups in total. The quantitative estimate of drug-likeness (QED) is 0.701. The number of fused-ring (bicyclic) bond motifs is 1. The monoisotopic (exact) mass is 370 g/mol. The van der Waals surface area contributed by atoms with Gasteiger partial charge in [0.2, 0.25) is 0 Å². The zero-order valence-corrected chi connectivity index (χ0v) is 17.2. The zero-order chi connectivity index (χ0) is 18.0. The Morgan fingerprint density at radius 1 is 1.33 bits per heavy atom. The molecule has 0 fully saturated rings. The third-order valence-corrected chi connectivity index (χ3v) is 6.74. The lowest BCUT2D eigenvalue weighted by atomic mass is 9.73. The van der Waals surface area contributed by atoms with Gasteiger partial charge in [-0.3, -0.25) is 4.98 Å². The minimum atomic E-state index is -1.12. The summed E-state index contributed by atoms with van der Waals surface area (Å²) < 4.78 is 16.0. The van der Waals surface area contributed by atoms with Crippen molar-refractivity contribution in [3.63, 3.8) is 0 Å². The van der Waals surface area contributed by atoms with Crippen LogP contribution in [0.5, 0.6) is 0 Å². The molecule has 0 spiro atoms. The molecule has 24 heavy (non-hydrogen) atoms. The topological polar surface area (TPSA) is 42.0 Å². The van der Waals surface area contributed by atoms with E-state index in [0.717, 1.165) is 36.9 Å². The SMILES string of the molecule is CCCCC1(CCC)Cc2ncc(Cl)cc2C1NS(=O)C(C)(C)C. The van der Waals surface area contributed by atoms with E-state index < -0.39 is 11.0 Å². The second kappa shape index (κ2) is 7.84. The van der Waals surface area contributed by atoms with E-state index >= 15 is 0 Å². The number of pyridine rings is 1. The van der Waals surface area contributed by atoms with Crippen molar-refractivity contribution in [2.24, 2.45) is 5.41 Å². The number of unbranched alkanes of at least 4 members (excludes halogenated alkanes) is 1. The molecule has 3 unspecified atom stereocenters. The standard InChI is InChI=1S/C19H31ClN2OS/c1-6-8-10-19(9-7-2)12-16-15(11-14(20)13-21-16)17(19)22-24(23)18(3,4)5/h11,13,17,22H,6-10,12H2,1-5H3. The van der Waals surface area contributed by atoms with Crippen LogP contribution in [0.3, 0.4) is 0 Å². The predicted molar refractivity (Wildman–Crippen MR) is 104 cm³/mol. The van der Waals surface area contributed by atoms with E-state index in [2.05, 4.69) is 23.6 Å². The Hall–Kier alpha value is -0.450. The van der Waals surface area contributed by atoms with Crippen molar-refractivity contribution in [2.45, 2.75) is 83.9 Å². The molecule has 0 saturated carbocycles. The van der Waals surface area contributed by atoms with Crippen LogP contribution >= 0.6 is 11.6 Å². The molecule has 136 valence electrons. The molecule has 1 aliphatic rings. The summed E-state index contributed by atoms with van der Waals surface area (Å²) in [6, 6.07) is 2.08. The average molecular weight is 371 g/mol. The first-order valence-electron chi connectivity index (χ1n) is 9.06. The molecule has 5 heteroatoms. The van der Waals surface area contributed by atoms with E-state index in [1.165, 1.54) is 12.8 Å². The zero-order valence-electron chi connectivity index (χ0n) is 15.6. The van der Waals surface area contributed by atoms with Gasteiger partial charge in [-0.2, -0.15) is 0 Å². The largest absolute Gasteiger partial charge is 0.259 e. The third kappa shape index (κ3) is 4.20. The fourth-order valence-electron chi connectivity index (χ4n) is 3.74. The Bertz CT molecular complexity index is 600. The molecular weight excluding hydrogens is 340 g/mol. The smallest absolute Gasteiger partial charge is 0.0976 e. The van der Waals surface area contributed by atoms with Crippen LogP contribution in [0, 0.1) is 5.41 Å². The van der Waals surface area contributed by atoms with Gasteiger partial charge >= 0.3 is 0 Å². The van der Waals surface area contributed by atoms with Crippen molar-refractivity contribution in [1.82, 2.24) is 9.71 Å². The highest BCUT2D eigenvalue weighted by atomic mass is 35.5. The molecule has 0 saturated heterocycles. The van der Waals surface area contributed by atoms with E-state index in [1.807, 2.05) is 26.8 Å². The van der Waals surface area contributed by atoms with E-state index in [9.17, 15) is 4.21 Å². The van der Waals surface area contributed by atoms with Crippen LogP contribution in [0.4, 0.5) is 0 Å². The van der Waals surface area contributed by atoms with Gasteiger partial charge in [0.05, 0.1) is 26.8 Å². The summed E-state index contributed by atoms with van der Waals surface area (Å²) in [4.78, 5) is 4.59. The molecule has 1 aromatic heterocycles. The first-order chi connectivity index (χ1) is 11.2. The fraction of sp³-hybridized carbons (Fsp3) is 0.737. The summed E-state index contributed by atoms with van der Waals surface area (Å²) >= 11 is 6.22. The van der Waals surface area contributed by atoms with Crippen LogP contribution < -0.4 is 4.72 Å². The maximum atomic E-state index is 12.8. The molecule has 1 aromatic rings. The van der Waals surface area contributed by atoms with E-state index in [0.29, 0.717) is 5.02 Å². The van der Waals surface area contributed by atoms with Gasteiger partial charge < -0.3 is 0 Å². The van der Waals surface area contributed by atoms with Gasteiger partial charge in [0.25, 0.3) is 0 Å². The molecule has 0 aromatic carbocycles. The Labute approximate surface area is 154 Å². The lowest BCUT2D eigenvalue weighted by Crippen LogP contribution is -2.42. The predicted octanol–water partition coefficient (Wildman–Crippen LogP) is 5.36. The molecular formula is C19H31ClN2OS. The number of hydrogen-bond acceptors (Lipinski definition) is 2. The molecule has 0 bridgehead atoms. The number of rotatable bonds is 7. The van der Waals surface area contributed by atoms with Gasteiger partial charge in [0.1, 0.15) is 0 Å². The van der Waals surface area contributed by atoms with Crippen molar-refractivity contribution in [3.05, 3.63) is 28.5 Å². The molecule has 0 aliphatic heterocycles. The van der Waals surface area contributed by atoms with Gasteiger partial charge in [-0.25, -0.2) is 8.93 Å². The Kier molecular flexibility index (Phi) is 6.49. The maximum absolute atomic E-state index is 12.8. The van der Waals surface area contributed by atoms with Crippen molar-refractivity contribution in [1.29, 1.82) is 0 Å². The lowest BCUT2D eigenvalue weighted by molar-refractivity contribution is 0.186. The molecule has 0 radical (unpaired) electrons. The first-order valence-corrected chi connectivity index (χ1v) is 10.6. The lowest BCUT2D eigenvalue weighted by Gasteiger charge is -2.37. The summed E-state index contributed by atoms with van der Waals surface area (Å²) in [5.41, 5.74) is 2.35. The summed E-state index contributed by atoms with van der Waals surface area (Å²) in [5, 5.41) is 0.657. The number of aromatic nitrogens is 1. The number of hydrogen-bond donors (Lipinski definition) is 1. The van der Waals surface area contributed by atoms with Gasteiger partial charge in [0.15, 0.2) is 0 Å². The van der Waals surface area contributed by atoms with E-state index in [1.54, 1.807) is 6.20 Å². The fourth-order valence-corrected chi connectivity index (χ4v) is 4.85. The Balaban J connectivity index is 2.43. The second-order valence-corrected chi connectivity index (χ2v) is 10.4. The summed E-state index contributed by atoms with van der Waals surface area (Å²) in [6.45, 7) is 10.5. The van der Waals surface area contributed by atoms with Crippen LogP contribution in [0.25, 0.3) is 0 Å². The first kappa shape index (κ1) is 19.9. The minimum absolute atomic E-state index is 0.0604. The summed E-state index contributed by atoms with van der Waals surface area (Å²) in [7, 11) is -1.12. The number of nitrogens with one attached hydrogen (secondary N) is 1. The van der Waals surface area contributed by atoms with Gasteiger partial charge in [0, 0.05) is 11.9 Å². The maximum Gasteiger partial charge on any atom is 0.0976 e. The molecule has 0 amide bonds. The van der Waals surface area contributed by atoms with Crippen LogP contribution in [-0.2, 0) is 17.4 Å². The van der Waals surface area contributed by atoms with Crippen molar-refractivity contribution in [3.8, 4) is 0 Å². The highest BCUT2D eigenvalue weighted by Crippen LogP contribution is 2.52. The van der Waals surface area contributed by atoms with Gasteiger partial charge in [-0.15, -0.1) is 0 Å². The number of nitrogens with zero attached hydrogens (tertiary/aromatic N) is 1. The van der Waals surface area contributed by atoms with E-state index in [4.69, 9.17) is 11.6 Å². The molecule has 1 aliphatic carbocycles. The van der Waals surface area contributed by atoms with E-state index in [-0.39, 0.29) is 16.2 Å². The highest BCUT2D eigenvalue weighted by Gasteiger charge is 2.47. The van der Waals surface area contributed by atoms with Crippen LogP contribution in [0.1, 0.15) is 84.0 Å². The minimum Gasteiger partial charge on any atom is -0.259 e. The third-order valence-electron chi connectivity index (χ3n) is 4.97. The molecule has 3 atom stereocenters. The van der Waals surface area contributed by atoms with Crippen LogP contribution in [-0.4, -0.2) is 13.9 Å². The Morgan fingerprint density at radius 3 is 2.62 bits per heavy atom. The van der Waals surface area contributed by atoms with Gasteiger partial charge in [-0.1, -0.05) is 44.7 Å². The highest BCUT2D eigenvalue weighted by molar-refractivity contribution is 7.84. The van der Waals surface area contributed by atoms with Crippen LogP contribution in [0.15, 0.2) is 12.3 Å². The average Bonchev–Trinajstić information content (AvgIpc) is 2.78. The van der Waals surface area contributed by atoms with Crippen molar-refractivity contribution >= 4 is 22.6 Å². The van der Waals surface area contributed by atoms with Crippen LogP contribution in [0.2, 0.25) is 5.02 Å². The molecule has 3 nitrogen and oxygen atoms in total. The molecule has 1 heterocycles. The summed E-state index contributed by atoms with van der Waals surface area (Å²) in [5.74, 6) is 0. The number of halogens is 1. The second-order valence-electron chi connectivity index (χ2n) is 8.01. The van der Waals surface area contributed by atoms with Crippen molar-refractivity contribution in [2.75, 3.05) is 0 Å². The molecule has 2 rings (SSSR count). The normalized spacial score (nSPS) is 24.8. The van der Waals surface area contributed by atoms with Crippen molar-refractivity contribution < 1.29 is 4.21 Å². The van der Waals surface area contributed by atoms with Gasteiger partial charge in [-0.05, 0) is 57.1 Å². The summed E-state index contributed by atoms with van der Waals surface area (Å²) in [6.07, 6.45) is 8.40. The Morgan fingerprint density at radius 2 is 2.04 bits per heavy atom.